The van der Waals surface area contributed by atoms with Crippen molar-refractivity contribution in [3.63, 3.8) is 0 Å². The molecule has 0 spiro atoms. The van der Waals surface area contributed by atoms with E-state index in [9.17, 15) is 19.2 Å². The van der Waals surface area contributed by atoms with E-state index in [-0.39, 0.29) is 31.4 Å². The van der Waals surface area contributed by atoms with Crippen LogP contribution in [0.25, 0.3) is 0 Å². The molecule has 108 valence electrons. The zero-order valence-electron chi connectivity index (χ0n) is 11.6. The van der Waals surface area contributed by atoms with Gasteiger partial charge >= 0.3 is 11.9 Å². The van der Waals surface area contributed by atoms with Crippen molar-refractivity contribution < 1.29 is 28.7 Å². The van der Waals surface area contributed by atoms with Crippen LogP contribution in [0, 0.1) is 0 Å². The van der Waals surface area contributed by atoms with Crippen molar-refractivity contribution in [1.82, 2.24) is 4.90 Å². The molecule has 0 saturated heterocycles. The number of ether oxygens (including phenoxy) is 2. The number of esters is 2. The van der Waals surface area contributed by atoms with Crippen molar-refractivity contribution in [1.29, 1.82) is 0 Å². The molecule has 7 nitrogen and oxygen atoms in total. The van der Waals surface area contributed by atoms with Crippen LogP contribution < -0.4 is 0 Å². The van der Waals surface area contributed by atoms with E-state index in [1.807, 2.05) is 0 Å². The van der Waals surface area contributed by atoms with E-state index in [4.69, 9.17) is 9.47 Å². The zero-order valence-corrected chi connectivity index (χ0v) is 11.6. The predicted molar refractivity (Wildman–Crippen MR) is 65.1 cm³/mol. The van der Waals surface area contributed by atoms with E-state index in [1.165, 1.54) is 32.6 Å². The van der Waals surface area contributed by atoms with Crippen molar-refractivity contribution >= 4 is 23.6 Å². The van der Waals surface area contributed by atoms with E-state index in [0.29, 0.717) is 0 Å². The van der Waals surface area contributed by atoms with Gasteiger partial charge < -0.3 is 14.4 Å². The van der Waals surface area contributed by atoms with Gasteiger partial charge in [0.2, 0.25) is 5.91 Å². The summed E-state index contributed by atoms with van der Waals surface area (Å²) in [5.74, 6) is -1.61. The number of ketones is 1. The van der Waals surface area contributed by atoms with Gasteiger partial charge in [0.1, 0.15) is 25.0 Å². The molecule has 0 fully saturated rings. The molecule has 19 heavy (non-hydrogen) atoms. The number of rotatable bonds is 7. The van der Waals surface area contributed by atoms with Gasteiger partial charge in [0.25, 0.3) is 0 Å². The average molecular weight is 273 g/mol. The number of carbonyl (C=O) groups is 4. The van der Waals surface area contributed by atoms with Crippen LogP contribution in [0.4, 0.5) is 0 Å². The molecule has 7 heteroatoms. The van der Waals surface area contributed by atoms with Gasteiger partial charge in [0, 0.05) is 20.8 Å². The van der Waals surface area contributed by atoms with E-state index >= 15 is 0 Å². The summed E-state index contributed by atoms with van der Waals surface area (Å²) in [5, 5.41) is 0. The lowest BCUT2D eigenvalue weighted by Gasteiger charge is -2.29. The molecule has 1 amide bonds. The molecule has 0 aliphatic rings. The van der Waals surface area contributed by atoms with E-state index < -0.39 is 18.0 Å². The number of carbonyl (C=O) groups excluding carboxylic acids is 4. The van der Waals surface area contributed by atoms with Gasteiger partial charge in [-0.3, -0.25) is 19.2 Å². The molecule has 0 saturated carbocycles. The van der Waals surface area contributed by atoms with Gasteiger partial charge in [-0.05, 0) is 6.92 Å². The fourth-order valence-corrected chi connectivity index (χ4v) is 1.39. The van der Waals surface area contributed by atoms with Crippen molar-refractivity contribution in [2.75, 3.05) is 19.8 Å². The zero-order chi connectivity index (χ0) is 15.0. The highest BCUT2D eigenvalue weighted by molar-refractivity contribution is 5.83. The summed E-state index contributed by atoms with van der Waals surface area (Å²) >= 11 is 0. The second-order valence-corrected chi connectivity index (χ2v) is 4.11. The molecule has 0 N–H and O–H groups in total. The SMILES string of the molecule is CC(=O)CN(C(C)=O)C(COC(C)=O)COC(C)=O. The second-order valence-electron chi connectivity index (χ2n) is 4.11. The predicted octanol–water partition coefficient (Wildman–Crippen LogP) is -0.0813. The summed E-state index contributed by atoms with van der Waals surface area (Å²) < 4.78 is 9.63. The van der Waals surface area contributed by atoms with Crippen molar-refractivity contribution in [2.24, 2.45) is 0 Å². The largest absolute Gasteiger partial charge is 0.464 e. The van der Waals surface area contributed by atoms with Crippen LogP contribution in [0.15, 0.2) is 0 Å². The number of hydrogen-bond acceptors (Lipinski definition) is 6. The molecular weight excluding hydrogens is 254 g/mol. The van der Waals surface area contributed by atoms with Crippen molar-refractivity contribution in [3.8, 4) is 0 Å². The Morgan fingerprint density at radius 1 is 0.895 bits per heavy atom. The highest BCUT2D eigenvalue weighted by Gasteiger charge is 2.24. The minimum absolute atomic E-state index is 0.122. The summed E-state index contributed by atoms with van der Waals surface area (Å²) in [4.78, 5) is 45.5. The fourth-order valence-electron chi connectivity index (χ4n) is 1.39. The molecule has 0 aromatic carbocycles. The smallest absolute Gasteiger partial charge is 0.302 e. The minimum Gasteiger partial charge on any atom is -0.464 e. The Balaban J connectivity index is 4.80. The minimum atomic E-state index is -0.672. The fraction of sp³-hybridized carbons (Fsp3) is 0.667. The lowest BCUT2D eigenvalue weighted by molar-refractivity contribution is -0.152. The van der Waals surface area contributed by atoms with Gasteiger partial charge in [-0.15, -0.1) is 0 Å². The highest BCUT2D eigenvalue weighted by atomic mass is 16.5. The van der Waals surface area contributed by atoms with Crippen molar-refractivity contribution in [2.45, 2.75) is 33.7 Å². The molecule has 0 heterocycles. The first kappa shape index (κ1) is 17.1. The van der Waals surface area contributed by atoms with Crippen LogP contribution in [0.1, 0.15) is 27.7 Å². The molecular formula is C12H19NO6. The van der Waals surface area contributed by atoms with Crippen LogP contribution in [-0.4, -0.2) is 54.3 Å². The van der Waals surface area contributed by atoms with E-state index in [2.05, 4.69) is 0 Å². The third-order valence-corrected chi connectivity index (χ3v) is 2.20. The van der Waals surface area contributed by atoms with Crippen LogP contribution >= 0.6 is 0 Å². The molecule has 0 aliphatic heterocycles. The standard InChI is InChI=1S/C12H19NO6/c1-8(14)5-13(9(2)15)12(6-18-10(3)16)7-19-11(4)17/h12H,5-7H2,1-4H3. The lowest BCUT2D eigenvalue weighted by atomic mass is 10.2. The van der Waals surface area contributed by atoms with Crippen LogP contribution in [0.3, 0.4) is 0 Å². The second kappa shape index (κ2) is 8.23. The maximum atomic E-state index is 11.5. The Kier molecular flexibility index (Phi) is 7.40. The third kappa shape index (κ3) is 7.91. The van der Waals surface area contributed by atoms with E-state index in [1.54, 1.807) is 0 Å². The summed E-state index contributed by atoms with van der Waals surface area (Å²) in [6, 6.07) is -0.672. The molecule has 0 aliphatic carbocycles. The Bertz CT molecular complexity index is 347. The quantitative estimate of drug-likeness (QED) is 0.603. The first-order chi connectivity index (χ1) is 8.73. The Morgan fingerprint density at radius 2 is 1.32 bits per heavy atom. The first-order valence-corrected chi connectivity index (χ1v) is 5.77. The van der Waals surface area contributed by atoms with Crippen LogP contribution in [0.2, 0.25) is 0 Å². The van der Waals surface area contributed by atoms with Gasteiger partial charge in [-0.2, -0.15) is 0 Å². The summed E-state index contributed by atoms with van der Waals surface area (Å²) in [6.45, 7) is 4.70. The van der Waals surface area contributed by atoms with Crippen LogP contribution in [0.5, 0.6) is 0 Å². The molecule has 0 aromatic heterocycles. The lowest BCUT2D eigenvalue weighted by Crippen LogP contribution is -2.47. The molecule has 0 rings (SSSR count). The monoisotopic (exact) mass is 273 g/mol. The Hall–Kier alpha value is -1.92. The molecule has 0 radical (unpaired) electrons. The molecule has 0 unspecified atom stereocenters. The number of nitrogens with zero attached hydrogens (tertiary/aromatic N) is 1. The van der Waals surface area contributed by atoms with Crippen molar-refractivity contribution in [3.05, 3.63) is 0 Å². The van der Waals surface area contributed by atoms with Gasteiger partial charge in [0.05, 0.1) is 6.54 Å². The Morgan fingerprint density at radius 3 is 1.58 bits per heavy atom. The molecule has 0 aromatic rings. The molecule has 0 bridgehead atoms. The number of Topliss-reactive ketones (excluding diaryl/α,β-unsaturated/α-hetero) is 1. The topological polar surface area (TPSA) is 90.0 Å². The number of hydrogen-bond donors (Lipinski definition) is 0. The average Bonchev–Trinajstić information content (AvgIpc) is 2.25. The summed E-state index contributed by atoms with van der Waals surface area (Å²) in [7, 11) is 0. The Labute approximate surface area is 111 Å². The number of amides is 1. The summed E-state index contributed by atoms with van der Waals surface area (Å²) in [5.41, 5.74) is 0. The maximum Gasteiger partial charge on any atom is 0.302 e. The third-order valence-electron chi connectivity index (χ3n) is 2.20. The maximum absolute atomic E-state index is 11.5. The van der Waals surface area contributed by atoms with Crippen LogP contribution in [-0.2, 0) is 28.7 Å². The normalized spacial score (nSPS) is 9.95. The van der Waals surface area contributed by atoms with Gasteiger partial charge in [0.15, 0.2) is 0 Å². The summed E-state index contributed by atoms with van der Waals surface area (Å²) in [6.07, 6.45) is 0. The first-order valence-electron chi connectivity index (χ1n) is 5.77. The van der Waals surface area contributed by atoms with Gasteiger partial charge in [-0.25, -0.2) is 0 Å². The van der Waals surface area contributed by atoms with E-state index in [0.717, 1.165) is 0 Å². The highest BCUT2D eigenvalue weighted by Crippen LogP contribution is 2.04. The molecule has 0 atom stereocenters. The van der Waals surface area contributed by atoms with Gasteiger partial charge in [-0.1, -0.05) is 0 Å².